The van der Waals surface area contributed by atoms with Crippen molar-refractivity contribution in [1.29, 1.82) is 0 Å². The van der Waals surface area contributed by atoms with E-state index in [0.29, 0.717) is 13.0 Å². The number of rotatable bonds is 6. The van der Waals surface area contributed by atoms with Crippen LogP contribution in [0.15, 0.2) is 24.3 Å². The van der Waals surface area contributed by atoms with Gasteiger partial charge < -0.3 is 15.5 Å². The molecule has 1 aromatic carbocycles. The molecule has 1 fully saturated rings. The molecule has 1 aliphatic heterocycles. The molecular formula is C15H23N3O. The van der Waals surface area contributed by atoms with E-state index in [-0.39, 0.29) is 5.91 Å². The largest absolute Gasteiger partial charge is 0.372 e. The van der Waals surface area contributed by atoms with Crippen molar-refractivity contribution in [3.63, 3.8) is 0 Å². The van der Waals surface area contributed by atoms with Crippen molar-refractivity contribution in [2.45, 2.75) is 25.8 Å². The Morgan fingerprint density at radius 1 is 1.21 bits per heavy atom. The number of benzene rings is 1. The number of hydrogen-bond acceptors (Lipinski definition) is 3. The van der Waals surface area contributed by atoms with Gasteiger partial charge in [-0.3, -0.25) is 4.79 Å². The van der Waals surface area contributed by atoms with Crippen molar-refractivity contribution >= 4 is 11.6 Å². The molecule has 2 rings (SSSR count). The lowest BCUT2D eigenvalue weighted by Gasteiger charge is -2.17. The van der Waals surface area contributed by atoms with Crippen molar-refractivity contribution in [2.24, 2.45) is 0 Å². The number of anilines is 1. The van der Waals surface area contributed by atoms with Crippen LogP contribution in [0.2, 0.25) is 0 Å². The number of carbonyl (C=O) groups excluding carboxylic acids is 1. The van der Waals surface area contributed by atoms with Crippen molar-refractivity contribution in [3.8, 4) is 0 Å². The van der Waals surface area contributed by atoms with Gasteiger partial charge in [-0.25, -0.2) is 0 Å². The molecule has 1 aromatic rings. The van der Waals surface area contributed by atoms with E-state index in [1.807, 2.05) is 0 Å². The van der Waals surface area contributed by atoms with Gasteiger partial charge in [0.15, 0.2) is 0 Å². The molecule has 0 atom stereocenters. The SMILES string of the molecule is CNC(=O)CCNCc1ccc(N2CCCC2)cc1. The molecular weight excluding hydrogens is 238 g/mol. The van der Waals surface area contributed by atoms with E-state index in [0.717, 1.165) is 6.54 Å². The Hall–Kier alpha value is -1.55. The zero-order valence-corrected chi connectivity index (χ0v) is 11.6. The van der Waals surface area contributed by atoms with E-state index < -0.39 is 0 Å². The molecule has 104 valence electrons. The van der Waals surface area contributed by atoms with E-state index >= 15 is 0 Å². The lowest BCUT2D eigenvalue weighted by Crippen LogP contribution is -2.24. The molecule has 0 radical (unpaired) electrons. The zero-order chi connectivity index (χ0) is 13.5. The smallest absolute Gasteiger partial charge is 0.221 e. The lowest BCUT2D eigenvalue weighted by molar-refractivity contribution is -0.120. The molecule has 0 saturated carbocycles. The van der Waals surface area contributed by atoms with Crippen LogP contribution >= 0.6 is 0 Å². The van der Waals surface area contributed by atoms with Crippen molar-refractivity contribution in [1.82, 2.24) is 10.6 Å². The van der Waals surface area contributed by atoms with Crippen LogP contribution in [0.4, 0.5) is 5.69 Å². The summed E-state index contributed by atoms with van der Waals surface area (Å²) >= 11 is 0. The Labute approximate surface area is 115 Å². The van der Waals surface area contributed by atoms with E-state index in [1.54, 1.807) is 7.05 Å². The molecule has 0 aliphatic carbocycles. The molecule has 0 aromatic heterocycles. The van der Waals surface area contributed by atoms with Crippen LogP contribution in [0.5, 0.6) is 0 Å². The summed E-state index contributed by atoms with van der Waals surface area (Å²) in [6, 6.07) is 8.73. The normalized spacial score (nSPS) is 14.7. The quantitative estimate of drug-likeness (QED) is 0.763. The number of carbonyl (C=O) groups is 1. The Morgan fingerprint density at radius 3 is 2.53 bits per heavy atom. The van der Waals surface area contributed by atoms with Crippen LogP contribution in [0.25, 0.3) is 0 Å². The second kappa shape index (κ2) is 7.14. The predicted octanol–water partition coefficient (Wildman–Crippen LogP) is 1.51. The molecule has 0 bridgehead atoms. The fourth-order valence-corrected chi connectivity index (χ4v) is 2.36. The van der Waals surface area contributed by atoms with Crippen LogP contribution in [-0.2, 0) is 11.3 Å². The average molecular weight is 261 g/mol. The van der Waals surface area contributed by atoms with Gasteiger partial charge in [0.25, 0.3) is 0 Å². The second-order valence-electron chi connectivity index (χ2n) is 4.96. The van der Waals surface area contributed by atoms with Gasteiger partial charge in [-0.05, 0) is 30.5 Å². The third-order valence-electron chi connectivity index (χ3n) is 3.54. The van der Waals surface area contributed by atoms with Crippen LogP contribution < -0.4 is 15.5 Å². The van der Waals surface area contributed by atoms with Gasteiger partial charge >= 0.3 is 0 Å². The van der Waals surface area contributed by atoms with E-state index in [4.69, 9.17) is 0 Å². The predicted molar refractivity (Wildman–Crippen MR) is 78.3 cm³/mol. The lowest BCUT2D eigenvalue weighted by atomic mass is 10.2. The van der Waals surface area contributed by atoms with E-state index in [9.17, 15) is 4.79 Å². The first-order valence-electron chi connectivity index (χ1n) is 7.05. The van der Waals surface area contributed by atoms with Crippen LogP contribution in [0, 0.1) is 0 Å². The molecule has 0 unspecified atom stereocenters. The summed E-state index contributed by atoms with van der Waals surface area (Å²) in [5, 5.41) is 5.90. The van der Waals surface area contributed by atoms with Gasteiger partial charge in [0, 0.05) is 45.3 Å². The molecule has 4 heteroatoms. The first kappa shape index (κ1) is 13.9. The standard InChI is InChI=1S/C15H23N3O/c1-16-15(19)8-9-17-12-13-4-6-14(7-5-13)18-10-2-3-11-18/h4-7,17H,2-3,8-12H2,1H3,(H,16,19). The minimum Gasteiger partial charge on any atom is -0.372 e. The highest BCUT2D eigenvalue weighted by atomic mass is 16.1. The fraction of sp³-hybridized carbons (Fsp3) is 0.533. The number of amides is 1. The summed E-state index contributed by atoms with van der Waals surface area (Å²) in [5.41, 5.74) is 2.59. The summed E-state index contributed by atoms with van der Waals surface area (Å²) in [7, 11) is 1.67. The maximum Gasteiger partial charge on any atom is 0.221 e. The molecule has 1 amide bonds. The number of nitrogens with zero attached hydrogens (tertiary/aromatic N) is 1. The number of nitrogens with one attached hydrogen (secondary N) is 2. The highest BCUT2D eigenvalue weighted by Crippen LogP contribution is 2.20. The first-order valence-corrected chi connectivity index (χ1v) is 7.05. The molecule has 1 heterocycles. The van der Waals surface area contributed by atoms with Crippen LogP contribution in [0.3, 0.4) is 0 Å². The average Bonchev–Trinajstić information content (AvgIpc) is 2.98. The van der Waals surface area contributed by atoms with Gasteiger partial charge in [-0.1, -0.05) is 12.1 Å². The minimum atomic E-state index is 0.0804. The highest BCUT2D eigenvalue weighted by molar-refractivity contribution is 5.75. The molecule has 4 nitrogen and oxygen atoms in total. The monoisotopic (exact) mass is 261 g/mol. The van der Waals surface area contributed by atoms with Gasteiger partial charge in [0.2, 0.25) is 5.91 Å². The Morgan fingerprint density at radius 2 is 1.89 bits per heavy atom. The van der Waals surface area contributed by atoms with Gasteiger partial charge in [-0.2, -0.15) is 0 Å². The number of hydrogen-bond donors (Lipinski definition) is 2. The van der Waals surface area contributed by atoms with Crippen LogP contribution in [0.1, 0.15) is 24.8 Å². The van der Waals surface area contributed by atoms with E-state index in [1.165, 1.54) is 37.2 Å². The third kappa shape index (κ3) is 4.24. The van der Waals surface area contributed by atoms with Gasteiger partial charge in [-0.15, -0.1) is 0 Å². The van der Waals surface area contributed by atoms with Gasteiger partial charge in [0.05, 0.1) is 0 Å². The summed E-state index contributed by atoms with van der Waals surface area (Å²) < 4.78 is 0. The maximum atomic E-state index is 11.1. The topological polar surface area (TPSA) is 44.4 Å². The maximum absolute atomic E-state index is 11.1. The third-order valence-corrected chi connectivity index (χ3v) is 3.54. The van der Waals surface area contributed by atoms with Crippen molar-refractivity contribution in [3.05, 3.63) is 29.8 Å². The molecule has 1 aliphatic rings. The molecule has 1 saturated heterocycles. The Bertz CT molecular complexity index is 396. The minimum absolute atomic E-state index is 0.0804. The zero-order valence-electron chi connectivity index (χ0n) is 11.6. The summed E-state index contributed by atoms with van der Waals surface area (Å²) in [5.74, 6) is 0.0804. The first-order chi connectivity index (χ1) is 9.29. The summed E-state index contributed by atoms with van der Waals surface area (Å²) in [6.45, 7) is 3.90. The Kier molecular flexibility index (Phi) is 5.21. The van der Waals surface area contributed by atoms with Crippen LogP contribution in [-0.4, -0.2) is 32.6 Å². The summed E-state index contributed by atoms with van der Waals surface area (Å²) in [6.07, 6.45) is 3.15. The fourth-order valence-electron chi connectivity index (χ4n) is 2.36. The van der Waals surface area contributed by atoms with E-state index in [2.05, 4.69) is 39.8 Å². The molecule has 19 heavy (non-hydrogen) atoms. The summed E-state index contributed by atoms with van der Waals surface area (Å²) in [4.78, 5) is 13.5. The van der Waals surface area contributed by atoms with Crippen molar-refractivity contribution < 1.29 is 4.79 Å². The highest BCUT2D eigenvalue weighted by Gasteiger charge is 2.11. The Balaban J connectivity index is 1.74. The van der Waals surface area contributed by atoms with Gasteiger partial charge in [0.1, 0.15) is 0 Å². The molecule has 0 spiro atoms. The van der Waals surface area contributed by atoms with Crippen molar-refractivity contribution in [2.75, 3.05) is 31.6 Å². The second-order valence-corrected chi connectivity index (χ2v) is 4.96. The molecule has 2 N–H and O–H groups in total.